The first-order chi connectivity index (χ1) is 10.2. The molecule has 2 heterocycles. The van der Waals surface area contributed by atoms with Gasteiger partial charge in [-0.25, -0.2) is 0 Å². The highest BCUT2D eigenvalue weighted by Crippen LogP contribution is 2.27. The Morgan fingerprint density at radius 3 is 2.62 bits per heavy atom. The minimum atomic E-state index is 0.0947. The van der Waals surface area contributed by atoms with E-state index < -0.39 is 0 Å². The van der Waals surface area contributed by atoms with Crippen molar-refractivity contribution in [2.75, 3.05) is 20.6 Å². The van der Waals surface area contributed by atoms with E-state index in [0.717, 1.165) is 29.4 Å². The summed E-state index contributed by atoms with van der Waals surface area (Å²) in [5.41, 5.74) is 1.86. The lowest BCUT2D eigenvalue weighted by atomic mass is 10.1. The lowest BCUT2D eigenvalue weighted by Gasteiger charge is -2.21. The van der Waals surface area contributed by atoms with Crippen molar-refractivity contribution >= 4 is 12.0 Å². The number of amides is 1. The van der Waals surface area contributed by atoms with Crippen molar-refractivity contribution in [3.63, 3.8) is 0 Å². The predicted octanol–water partition coefficient (Wildman–Crippen LogP) is 1.89. The molecule has 0 unspecified atom stereocenters. The molecular weight excluding hydrogens is 262 g/mol. The number of rotatable bonds is 2. The van der Waals surface area contributed by atoms with Crippen LogP contribution in [0, 0.1) is 0 Å². The fraction of sp³-hybridized carbons (Fsp3) is 0.647. The Hall–Kier alpha value is -1.58. The Bertz CT molecular complexity index is 634. The quantitative estimate of drug-likeness (QED) is 0.765. The summed E-state index contributed by atoms with van der Waals surface area (Å²) in [6.45, 7) is 0.847. The molecule has 0 aromatic carbocycles. The van der Waals surface area contributed by atoms with Crippen LogP contribution in [-0.4, -0.2) is 36.0 Å². The fourth-order valence-corrected chi connectivity index (χ4v) is 3.52. The molecule has 114 valence electrons. The minimum absolute atomic E-state index is 0.0947. The third-order valence-electron chi connectivity index (χ3n) is 4.61. The van der Waals surface area contributed by atoms with Crippen LogP contribution in [-0.2, 0) is 0 Å². The van der Waals surface area contributed by atoms with Gasteiger partial charge in [-0.3, -0.25) is 9.79 Å². The van der Waals surface area contributed by atoms with Crippen molar-refractivity contribution in [3.8, 4) is 0 Å². The molecule has 1 saturated carbocycles. The topological polar surface area (TPSA) is 37.6 Å². The van der Waals surface area contributed by atoms with Crippen LogP contribution in [0.3, 0.4) is 0 Å². The highest BCUT2D eigenvalue weighted by molar-refractivity contribution is 5.92. The molecule has 0 N–H and O–H groups in total. The average molecular weight is 287 g/mol. The third-order valence-corrected chi connectivity index (χ3v) is 4.61. The Morgan fingerprint density at radius 1 is 1.24 bits per heavy atom. The molecule has 3 rings (SSSR count). The Labute approximate surface area is 126 Å². The number of hydrogen-bond donors (Lipinski definition) is 0. The zero-order valence-electron chi connectivity index (χ0n) is 13.1. The van der Waals surface area contributed by atoms with Crippen LogP contribution < -0.4 is 10.7 Å². The van der Waals surface area contributed by atoms with Gasteiger partial charge in [0.25, 0.3) is 5.91 Å². The molecule has 21 heavy (non-hydrogen) atoms. The molecule has 0 atom stereocenters. The van der Waals surface area contributed by atoms with Gasteiger partial charge in [-0.2, -0.15) is 0 Å². The van der Waals surface area contributed by atoms with Crippen molar-refractivity contribution < 1.29 is 4.79 Å². The maximum Gasteiger partial charge on any atom is 0.270 e. The summed E-state index contributed by atoms with van der Waals surface area (Å²) in [6.07, 6.45) is 10.7. The summed E-state index contributed by atoms with van der Waals surface area (Å²) in [5, 5.41) is 1.15. The lowest BCUT2D eigenvalue weighted by Crippen LogP contribution is -2.36. The van der Waals surface area contributed by atoms with Gasteiger partial charge in [0, 0.05) is 31.9 Å². The highest BCUT2D eigenvalue weighted by atomic mass is 16.2. The Balaban J connectivity index is 2.12. The Kier molecular flexibility index (Phi) is 4.13. The second kappa shape index (κ2) is 6.04. The second-order valence-electron chi connectivity index (χ2n) is 6.40. The van der Waals surface area contributed by atoms with Gasteiger partial charge in [0.2, 0.25) is 0 Å². The molecular formula is C17H25N3O. The maximum absolute atomic E-state index is 12.6. The minimum Gasteiger partial charge on any atom is -0.343 e. The van der Waals surface area contributed by atoms with Gasteiger partial charge >= 0.3 is 0 Å². The van der Waals surface area contributed by atoms with Crippen LogP contribution in [0.25, 0.3) is 6.08 Å². The summed E-state index contributed by atoms with van der Waals surface area (Å²) in [5.74, 6) is 0.0947. The normalized spacial score (nSPS) is 19.1. The van der Waals surface area contributed by atoms with E-state index in [4.69, 9.17) is 4.99 Å². The number of carbonyl (C=O) groups excluding carboxylic acids is 1. The van der Waals surface area contributed by atoms with E-state index in [0.29, 0.717) is 6.04 Å². The van der Waals surface area contributed by atoms with Crippen molar-refractivity contribution in [3.05, 3.63) is 22.5 Å². The van der Waals surface area contributed by atoms with Crippen LogP contribution in [0.1, 0.15) is 61.5 Å². The SMILES string of the molecule is CN(C)C(=O)c1cc2c(n1C1CCCCCC1)=NCCC=2. The zero-order chi connectivity index (χ0) is 14.8. The maximum atomic E-state index is 12.6. The Morgan fingerprint density at radius 2 is 1.95 bits per heavy atom. The average Bonchev–Trinajstić information content (AvgIpc) is 2.67. The van der Waals surface area contributed by atoms with Gasteiger partial charge in [0.1, 0.15) is 11.2 Å². The first-order valence-corrected chi connectivity index (χ1v) is 8.16. The fourth-order valence-electron chi connectivity index (χ4n) is 3.52. The number of hydrogen-bond acceptors (Lipinski definition) is 2. The van der Waals surface area contributed by atoms with Crippen LogP contribution in [0.2, 0.25) is 0 Å². The van der Waals surface area contributed by atoms with Crippen molar-refractivity contribution in [1.29, 1.82) is 0 Å². The van der Waals surface area contributed by atoms with E-state index in [1.807, 2.05) is 20.2 Å². The van der Waals surface area contributed by atoms with E-state index in [2.05, 4.69) is 10.6 Å². The lowest BCUT2D eigenvalue weighted by molar-refractivity contribution is 0.0813. The number of carbonyl (C=O) groups is 1. The van der Waals surface area contributed by atoms with Crippen molar-refractivity contribution in [2.24, 2.45) is 4.99 Å². The molecule has 4 heteroatoms. The molecule has 0 radical (unpaired) electrons. The summed E-state index contributed by atoms with van der Waals surface area (Å²) < 4.78 is 2.25. The smallest absolute Gasteiger partial charge is 0.270 e. The largest absolute Gasteiger partial charge is 0.343 e. The van der Waals surface area contributed by atoms with Crippen LogP contribution in [0.5, 0.6) is 0 Å². The van der Waals surface area contributed by atoms with E-state index in [1.54, 1.807) is 4.90 Å². The predicted molar refractivity (Wildman–Crippen MR) is 83.9 cm³/mol. The van der Waals surface area contributed by atoms with Crippen LogP contribution in [0.4, 0.5) is 0 Å². The third kappa shape index (κ3) is 2.76. The monoisotopic (exact) mass is 287 g/mol. The van der Waals surface area contributed by atoms with E-state index >= 15 is 0 Å². The van der Waals surface area contributed by atoms with Crippen LogP contribution >= 0.6 is 0 Å². The number of nitrogens with zero attached hydrogens (tertiary/aromatic N) is 3. The molecule has 0 saturated heterocycles. The van der Waals surface area contributed by atoms with Gasteiger partial charge in [0.15, 0.2) is 0 Å². The number of fused-ring (bicyclic) bond motifs is 1. The van der Waals surface area contributed by atoms with Gasteiger partial charge in [-0.05, 0) is 25.3 Å². The number of aromatic nitrogens is 1. The van der Waals surface area contributed by atoms with Crippen molar-refractivity contribution in [1.82, 2.24) is 9.47 Å². The van der Waals surface area contributed by atoms with Gasteiger partial charge in [-0.1, -0.05) is 31.8 Å². The summed E-state index contributed by atoms with van der Waals surface area (Å²) in [4.78, 5) is 19.0. The second-order valence-corrected chi connectivity index (χ2v) is 6.40. The molecule has 1 fully saturated rings. The molecule has 4 nitrogen and oxygen atoms in total. The van der Waals surface area contributed by atoms with Crippen LogP contribution in [0.15, 0.2) is 11.1 Å². The standard InChI is InChI=1S/C17H25N3O/c1-19(2)17(21)15-12-13-8-7-11-18-16(13)20(15)14-9-5-3-4-6-10-14/h8,12,14H,3-7,9-11H2,1-2H3. The molecule has 0 spiro atoms. The molecule has 1 aromatic rings. The summed E-state index contributed by atoms with van der Waals surface area (Å²) in [6, 6.07) is 2.48. The van der Waals surface area contributed by atoms with Gasteiger partial charge in [-0.15, -0.1) is 0 Å². The molecule has 0 bridgehead atoms. The highest BCUT2D eigenvalue weighted by Gasteiger charge is 2.23. The van der Waals surface area contributed by atoms with E-state index in [1.165, 1.54) is 38.5 Å². The molecule has 1 aliphatic carbocycles. The van der Waals surface area contributed by atoms with Crippen molar-refractivity contribution in [2.45, 2.75) is 51.0 Å². The summed E-state index contributed by atoms with van der Waals surface area (Å²) in [7, 11) is 3.65. The first kappa shape index (κ1) is 14.4. The van der Waals surface area contributed by atoms with Gasteiger partial charge < -0.3 is 9.47 Å². The van der Waals surface area contributed by atoms with E-state index in [-0.39, 0.29) is 5.91 Å². The van der Waals surface area contributed by atoms with Gasteiger partial charge in [0.05, 0.1) is 0 Å². The molecule has 1 amide bonds. The van der Waals surface area contributed by atoms with E-state index in [9.17, 15) is 4.79 Å². The summed E-state index contributed by atoms with van der Waals surface area (Å²) >= 11 is 0. The molecule has 1 aliphatic heterocycles. The zero-order valence-corrected chi connectivity index (χ0v) is 13.1. The molecule has 2 aliphatic rings. The first-order valence-electron chi connectivity index (χ1n) is 8.16. The molecule has 1 aromatic heterocycles.